The summed E-state index contributed by atoms with van der Waals surface area (Å²) in [6.45, 7) is 1.93. The molecule has 0 fully saturated rings. The highest BCUT2D eigenvalue weighted by atomic mass is 16.1. The van der Waals surface area contributed by atoms with Crippen molar-refractivity contribution in [1.29, 1.82) is 0 Å². The zero-order valence-corrected chi connectivity index (χ0v) is 9.19. The predicted octanol–water partition coefficient (Wildman–Crippen LogP) is 0.897. The maximum absolute atomic E-state index is 11.7. The Morgan fingerprint density at radius 1 is 1.20 bits per heavy atom. The van der Waals surface area contributed by atoms with Crippen molar-refractivity contribution in [3.63, 3.8) is 0 Å². The fourth-order valence-electron chi connectivity index (χ4n) is 1.81. The van der Waals surface area contributed by atoms with E-state index in [0.29, 0.717) is 0 Å². The lowest BCUT2D eigenvalue weighted by Crippen LogP contribution is -2.19. The van der Waals surface area contributed by atoms with Gasteiger partial charge in [0.2, 0.25) is 0 Å². The minimum absolute atomic E-state index is 0.00757. The van der Waals surface area contributed by atoms with E-state index >= 15 is 0 Å². The van der Waals surface area contributed by atoms with Gasteiger partial charge in [-0.2, -0.15) is 0 Å². The first-order valence-electron chi connectivity index (χ1n) is 4.93. The lowest BCUT2D eigenvalue weighted by Gasteiger charge is -2.05. The summed E-state index contributed by atoms with van der Waals surface area (Å²) < 4.78 is 3.28. The molecule has 2 aromatic rings. The lowest BCUT2D eigenvalue weighted by atomic mass is 10.1. The summed E-state index contributed by atoms with van der Waals surface area (Å²) in [5, 5.41) is 0. The second kappa shape index (κ2) is 3.24. The van der Waals surface area contributed by atoms with Crippen LogP contribution in [0.25, 0.3) is 11.0 Å². The summed E-state index contributed by atoms with van der Waals surface area (Å²) in [6.07, 6.45) is 0. The first-order valence-corrected chi connectivity index (χ1v) is 4.93. The molecule has 0 amide bonds. The van der Waals surface area contributed by atoms with Gasteiger partial charge in [0.25, 0.3) is 0 Å². The van der Waals surface area contributed by atoms with Crippen LogP contribution in [0.5, 0.6) is 0 Å². The molecule has 4 nitrogen and oxygen atoms in total. The van der Waals surface area contributed by atoms with Crippen molar-refractivity contribution >= 4 is 11.0 Å². The zero-order chi connectivity index (χ0) is 11.2. The molecule has 0 aliphatic heterocycles. The second-order valence-corrected chi connectivity index (χ2v) is 3.94. The lowest BCUT2D eigenvalue weighted by molar-refractivity contribution is 0.794. The minimum atomic E-state index is -0.00953. The average molecular weight is 205 g/mol. The summed E-state index contributed by atoms with van der Waals surface area (Å²) in [5.74, 6) is 0. The van der Waals surface area contributed by atoms with Crippen LogP contribution in [0, 0.1) is 0 Å². The fourth-order valence-corrected chi connectivity index (χ4v) is 1.81. The van der Waals surface area contributed by atoms with Crippen LogP contribution in [0.3, 0.4) is 0 Å². The Morgan fingerprint density at radius 2 is 1.80 bits per heavy atom. The Balaban J connectivity index is 2.83. The number of nitrogens with zero attached hydrogens (tertiary/aromatic N) is 2. The van der Waals surface area contributed by atoms with Gasteiger partial charge in [0, 0.05) is 20.1 Å². The van der Waals surface area contributed by atoms with E-state index in [0.717, 1.165) is 16.6 Å². The van der Waals surface area contributed by atoms with Gasteiger partial charge in [-0.25, -0.2) is 4.79 Å². The molecule has 15 heavy (non-hydrogen) atoms. The number of rotatable bonds is 1. The molecule has 0 saturated heterocycles. The molecule has 4 heteroatoms. The van der Waals surface area contributed by atoms with Crippen LogP contribution in [-0.2, 0) is 14.1 Å². The Bertz CT molecular complexity index is 563. The van der Waals surface area contributed by atoms with Gasteiger partial charge < -0.3 is 5.73 Å². The Hall–Kier alpha value is -1.55. The van der Waals surface area contributed by atoms with Crippen molar-refractivity contribution in [2.24, 2.45) is 19.8 Å². The molecule has 0 radical (unpaired) electrons. The van der Waals surface area contributed by atoms with Gasteiger partial charge in [0.1, 0.15) is 0 Å². The summed E-state index contributed by atoms with van der Waals surface area (Å²) >= 11 is 0. The molecule has 0 spiro atoms. The number of nitrogens with two attached hydrogens (primary N) is 1. The second-order valence-electron chi connectivity index (χ2n) is 3.94. The summed E-state index contributed by atoms with van der Waals surface area (Å²) in [5.41, 5.74) is 8.71. The van der Waals surface area contributed by atoms with Crippen LogP contribution in [0.15, 0.2) is 23.0 Å². The molecule has 1 aromatic carbocycles. The number of hydrogen-bond donors (Lipinski definition) is 1. The summed E-state index contributed by atoms with van der Waals surface area (Å²) in [7, 11) is 3.55. The molecule has 1 atom stereocenters. The molecule has 0 bridgehead atoms. The molecule has 80 valence electrons. The van der Waals surface area contributed by atoms with Gasteiger partial charge in [-0.05, 0) is 24.6 Å². The Morgan fingerprint density at radius 3 is 2.40 bits per heavy atom. The number of aromatic nitrogens is 2. The highest BCUT2D eigenvalue weighted by Gasteiger charge is 2.08. The first kappa shape index (κ1) is 9.98. The van der Waals surface area contributed by atoms with Crippen LogP contribution in [0.4, 0.5) is 0 Å². The van der Waals surface area contributed by atoms with Crippen LogP contribution in [0.1, 0.15) is 18.5 Å². The van der Waals surface area contributed by atoms with Crippen LogP contribution >= 0.6 is 0 Å². The van der Waals surface area contributed by atoms with E-state index < -0.39 is 0 Å². The largest absolute Gasteiger partial charge is 0.328 e. The van der Waals surface area contributed by atoms with Crippen LogP contribution in [-0.4, -0.2) is 9.13 Å². The van der Waals surface area contributed by atoms with Crippen molar-refractivity contribution in [2.75, 3.05) is 0 Å². The normalized spacial score (nSPS) is 13.3. The third-order valence-corrected chi connectivity index (χ3v) is 2.82. The van der Waals surface area contributed by atoms with Crippen LogP contribution in [0.2, 0.25) is 0 Å². The molecule has 1 aromatic heterocycles. The third kappa shape index (κ3) is 1.37. The molecular formula is C11H15N3O. The van der Waals surface area contributed by atoms with Crippen molar-refractivity contribution < 1.29 is 0 Å². The smallest absolute Gasteiger partial charge is 0.324 e. The minimum Gasteiger partial charge on any atom is -0.324 e. The number of hydrogen-bond acceptors (Lipinski definition) is 2. The van der Waals surface area contributed by atoms with Crippen molar-refractivity contribution in [3.05, 3.63) is 34.2 Å². The molecule has 1 heterocycles. The molecule has 2 N–H and O–H groups in total. The number of aryl methyl sites for hydroxylation is 2. The van der Waals surface area contributed by atoms with Crippen molar-refractivity contribution in [2.45, 2.75) is 13.0 Å². The van der Waals surface area contributed by atoms with Gasteiger partial charge in [-0.3, -0.25) is 9.13 Å². The van der Waals surface area contributed by atoms with Gasteiger partial charge in [-0.1, -0.05) is 6.07 Å². The van der Waals surface area contributed by atoms with E-state index in [1.807, 2.05) is 25.1 Å². The highest BCUT2D eigenvalue weighted by molar-refractivity contribution is 5.76. The molecule has 0 saturated carbocycles. The summed E-state index contributed by atoms with van der Waals surface area (Å²) in [6, 6.07) is 5.87. The number of fused-ring (bicyclic) bond motifs is 1. The van der Waals surface area contributed by atoms with Gasteiger partial charge in [0.05, 0.1) is 11.0 Å². The predicted molar refractivity (Wildman–Crippen MR) is 60.8 cm³/mol. The number of imidazole rings is 1. The number of benzene rings is 1. The third-order valence-electron chi connectivity index (χ3n) is 2.82. The van der Waals surface area contributed by atoms with E-state index in [4.69, 9.17) is 5.73 Å². The highest BCUT2D eigenvalue weighted by Crippen LogP contribution is 2.17. The monoisotopic (exact) mass is 205 g/mol. The van der Waals surface area contributed by atoms with E-state index in [2.05, 4.69) is 0 Å². The van der Waals surface area contributed by atoms with Crippen LogP contribution < -0.4 is 11.4 Å². The van der Waals surface area contributed by atoms with Gasteiger partial charge in [-0.15, -0.1) is 0 Å². The van der Waals surface area contributed by atoms with Gasteiger partial charge >= 0.3 is 5.69 Å². The van der Waals surface area contributed by atoms with E-state index in [9.17, 15) is 4.79 Å². The topological polar surface area (TPSA) is 52.9 Å². The molecule has 2 rings (SSSR count). The van der Waals surface area contributed by atoms with Gasteiger partial charge in [0.15, 0.2) is 0 Å². The summed E-state index contributed by atoms with van der Waals surface area (Å²) in [4.78, 5) is 11.7. The molecular weight excluding hydrogens is 190 g/mol. The SMILES string of the molecule is CC(N)c1ccc2c(c1)n(C)c(=O)n2C. The average Bonchev–Trinajstić information content (AvgIpc) is 2.44. The van der Waals surface area contributed by atoms with E-state index in [-0.39, 0.29) is 11.7 Å². The quantitative estimate of drug-likeness (QED) is 0.752. The van der Waals surface area contributed by atoms with E-state index in [1.54, 1.807) is 23.2 Å². The maximum atomic E-state index is 11.7. The van der Waals surface area contributed by atoms with E-state index in [1.165, 1.54) is 0 Å². The molecule has 0 aliphatic rings. The van der Waals surface area contributed by atoms with Crippen molar-refractivity contribution in [3.8, 4) is 0 Å². The Kier molecular flexibility index (Phi) is 2.16. The van der Waals surface area contributed by atoms with Crippen molar-refractivity contribution in [1.82, 2.24) is 9.13 Å². The zero-order valence-electron chi connectivity index (χ0n) is 9.19. The first-order chi connectivity index (χ1) is 7.02. The fraction of sp³-hybridized carbons (Fsp3) is 0.364. The Labute approximate surface area is 87.9 Å². The standard InChI is InChI=1S/C11H15N3O/c1-7(12)8-4-5-9-10(6-8)14(3)11(15)13(9)2/h4-7H,12H2,1-3H3. The maximum Gasteiger partial charge on any atom is 0.328 e. The molecule has 1 unspecified atom stereocenters. The molecule has 0 aliphatic carbocycles.